The van der Waals surface area contributed by atoms with Crippen molar-refractivity contribution in [2.45, 2.75) is 57.0 Å². The number of fused-ring (bicyclic) bond motifs is 3. The number of morpholine rings is 1. The van der Waals surface area contributed by atoms with Crippen molar-refractivity contribution in [1.82, 2.24) is 20.2 Å². The van der Waals surface area contributed by atoms with Crippen LogP contribution >= 0.6 is 23.1 Å². The lowest BCUT2D eigenvalue weighted by Gasteiger charge is -2.25. The number of hydrogen-bond donors (Lipinski definition) is 1. The maximum absolute atomic E-state index is 12.3. The largest absolute Gasteiger partial charge is 0.379 e. The van der Waals surface area contributed by atoms with Gasteiger partial charge in [-0.3, -0.25) is 9.69 Å². The molecule has 1 aliphatic heterocycles. The summed E-state index contributed by atoms with van der Waals surface area (Å²) >= 11 is 3.40. The summed E-state index contributed by atoms with van der Waals surface area (Å²) in [6, 6.07) is 0. The van der Waals surface area contributed by atoms with Crippen LogP contribution in [0.25, 0.3) is 10.2 Å². The van der Waals surface area contributed by atoms with E-state index in [-0.39, 0.29) is 5.91 Å². The molecule has 8 heteroatoms. The Hall–Kier alpha value is -1.22. The fraction of sp³-hybridized carbons (Fsp3) is 0.667. The van der Waals surface area contributed by atoms with Crippen LogP contribution in [0.3, 0.4) is 0 Å². The Bertz CT molecular complexity index is 849. The van der Waals surface area contributed by atoms with E-state index in [9.17, 15) is 4.79 Å². The number of ether oxygens (including phenoxy) is 1. The summed E-state index contributed by atoms with van der Waals surface area (Å²) in [6.45, 7) is 7.02. The van der Waals surface area contributed by atoms with Crippen molar-refractivity contribution in [1.29, 1.82) is 0 Å². The van der Waals surface area contributed by atoms with Gasteiger partial charge in [-0.15, -0.1) is 11.3 Å². The molecule has 1 saturated heterocycles. The van der Waals surface area contributed by atoms with Gasteiger partial charge in [0.15, 0.2) is 0 Å². The highest BCUT2D eigenvalue weighted by Gasteiger charge is 2.22. The predicted molar refractivity (Wildman–Crippen MR) is 119 cm³/mol. The van der Waals surface area contributed by atoms with Gasteiger partial charge in [0.25, 0.3) is 0 Å². The molecular weight excluding hydrogens is 404 g/mol. The fourth-order valence-electron chi connectivity index (χ4n) is 3.89. The smallest absolute Gasteiger partial charge is 0.230 e. The fourth-order valence-corrected chi connectivity index (χ4v) is 6.14. The van der Waals surface area contributed by atoms with Crippen LogP contribution in [0.15, 0.2) is 5.03 Å². The van der Waals surface area contributed by atoms with E-state index in [1.807, 2.05) is 11.3 Å². The molecule has 0 unspecified atom stereocenters. The molecule has 1 fully saturated rings. The van der Waals surface area contributed by atoms with E-state index in [2.05, 4.69) is 17.1 Å². The highest BCUT2D eigenvalue weighted by atomic mass is 32.2. The van der Waals surface area contributed by atoms with Crippen LogP contribution < -0.4 is 5.32 Å². The Morgan fingerprint density at radius 3 is 2.90 bits per heavy atom. The van der Waals surface area contributed by atoms with Gasteiger partial charge in [-0.05, 0) is 37.7 Å². The second-order valence-corrected chi connectivity index (χ2v) is 9.76. The third-order valence-electron chi connectivity index (χ3n) is 5.49. The number of nitrogens with zero attached hydrogens (tertiary/aromatic N) is 3. The molecule has 0 radical (unpaired) electrons. The zero-order valence-corrected chi connectivity index (χ0v) is 18.8. The number of aromatic nitrogens is 2. The topological polar surface area (TPSA) is 67.4 Å². The van der Waals surface area contributed by atoms with Crippen molar-refractivity contribution in [2.24, 2.45) is 0 Å². The first kappa shape index (κ1) is 21.0. The lowest BCUT2D eigenvalue weighted by Crippen LogP contribution is -2.36. The van der Waals surface area contributed by atoms with Gasteiger partial charge >= 0.3 is 0 Å². The number of rotatable bonds is 8. The van der Waals surface area contributed by atoms with E-state index < -0.39 is 0 Å². The first-order chi connectivity index (χ1) is 14.2. The summed E-state index contributed by atoms with van der Waals surface area (Å²) in [6.07, 6.45) is 6.86. The Labute approximate surface area is 180 Å². The van der Waals surface area contributed by atoms with E-state index in [4.69, 9.17) is 14.7 Å². The van der Waals surface area contributed by atoms with Gasteiger partial charge in [0, 0.05) is 29.9 Å². The van der Waals surface area contributed by atoms with E-state index in [0.29, 0.717) is 5.75 Å². The number of thiophene rings is 1. The molecule has 6 nitrogen and oxygen atoms in total. The van der Waals surface area contributed by atoms with Crippen LogP contribution in [-0.4, -0.2) is 59.4 Å². The molecule has 1 aliphatic carbocycles. The van der Waals surface area contributed by atoms with Crippen LogP contribution in [-0.2, 0) is 28.9 Å². The molecule has 1 N–H and O–H groups in total. The number of carbonyl (C=O) groups is 1. The van der Waals surface area contributed by atoms with Crippen molar-refractivity contribution in [3.63, 3.8) is 0 Å². The lowest BCUT2D eigenvalue weighted by molar-refractivity contribution is -0.118. The minimum atomic E-state index is 0.0917. The molecule has 0 atom stereocenters. The van der Waals surface area contributed by atoms with Gasteiger partial charge < -0.3 is 10.1 Å². The summed E-state index contributed by atoms with van der Waals surface area (Å²) < 4.78 is 5.46. The Balaban J connectivity index is 1.56. The summed E-state index contributed by atoms with van der Waals surface area (Å²) in [5, 5.41) is 5.21. The minimum Gasteiger partial charge on any atom is -0.379 e. The first-order valence-corrected chi connectivity index (χ1v) is 12.6. The molecular formula is C21H30N4O2S2. The van der Waals surface area contributed by atoms with Gasteiger partial charge in [0.1, 0.15) is 15.7 Å². The normalized spacial score (nSPS) is 17.4. The van der Waals surface area contributed by atoms with Crippen LogP contribution in [0.5, 0.6) is 0 Å². The molecule has 2 aliphatic rings. The zero-order chi connectivity index (χ0) is 20.1. The van der Waals surface area contributed by atoms with Gasteiger partial charge in [-0.1, -0.05) is 25.1 Å². The molecule has 0 saturated carbocycles. The molecule has 0 spiro atoms. The number of nitrogens with one attached hydrogen (secondary N) is 1. The summed E-state index contributed by atoms with van der Waals surface area (Å²) in [5.41, 5.74) is 1.43. The number of unbranched alkanes of at least 4 members (excludes halogenated alkanes) is 1. The summed E-state index contributed by atoms with van der Waals surface area (Å²) in [5.74, 6) is 1.37. The Kier molecular flexibility index (Phi) is 7.39. The van der Waals surface area contributed by atoms with E-state index in [0.717, 1.165) is 80.8 Å². The molecule has 158 valence electrons. The number of aryl methyl sites for hydroxylation is 2. The van der Waals surface area contributed by atoms with Crippen LogP contribution in [0.4, 0.5) is 0 Å². The van der Waals surface area contributed by atoms with Gasteiger partial charge in [-0.2, -0.15) is 0 Å². The number of thioether (sulfide) groups is 1. The molecule has 2 aromatic rings. The third-order valence-corrected chi connectivity index (χ3v) is 7.65. The van der Waals surface area contributed by atoms with Gasteiger partial charge in [0.2, 0.25) is 5.91 Å². The molecule has 1 amide bonds. The predicted octanol–water partition coefficient (Wildman–Crippen LogP) is 3.41. The monoisotopic (exact) mass is 434 g/mol. The van der Waals surface area contributed by atoms with Crippen molar-refractivity contribution in [3.05, 3.63) is 16.3 Å². The van der Waals surface area contributed by atoms with Crippen molar-refractivity contribution in [3.8, 4) is 0 Å². The van der Waals surface area contributed by atoms with E-state index >= 15 is 0 Å². The second-order valence-electron chi connectivity index (χ2n) is 7.72. The molecule has 29 heavy (non-hydrogen) atoms. The van der Waals surface area contributed by atoms with E-state index in [1.54, 1.807) is 11.8 Å². The summed E-state index contributed by atoms with van der Waals surface area (Å²) in [4.78, 5) is 27.1. The maximum Gasteiger partial charge on any atom is 0.230 e. The molecule has 3 heterocycles. The van der Waals surface area contributed by atoms with Crippen molar-refractivity contribution < 1.29 is 9.53 Å². The van der Waals surface area contributed by atoms with Crippen LogP contribution in [0.1, 0.15) is 48.9 Å². The van der Waals surface area contributed by atoms with Crippen molar-refractivity contribution in [2.75, 3.05) is 38.6 Å². The highest BCUT2D eigenvalue weighted by molar-refractivity contribution is 8.00. The van der Waals surface area contributed by atoms with Crippen LogP contribution in [0.2, 0.25) is 0 Å². The second kappa shape index (κ2) is 10.2. The Morgan fingerprint density at radius 2 is 2.07 bits per heavy atom. The zero-order valence-electron chi connectivity index (χ0n) is 17.2. The first-order valence-electron chi connectivity index (χ1n) is 10.8. The van der Waals surface area contributed by atoms with Gasteiger partial charge in [-0.25, -0.2) is 9.97 Å². The number of carbonyl (C=O) groups excluding carboxylic acids is 1. The lowest BCUT2D eigenvalue weighted by atomic mass is 9.97. The molecule has 4 rings (SSSR count). The number of hydrogen-bond acceptors (Lipinski definition) is 7. The number of amides is 1. The maximum atomic E-state index is 12.3. The highest BCUT2D eigenvalue weighted by Crippen LogP contribution is 2.39. The molecule has 2 aromatic heterocycles. The molecule has 0 aromatic carbocycles. The quantitative estimate of drug-likeness (QED) is 0.390. The third kappa shape index (κ3) is 5.29. The Morgan fingerprint density at radius 1 is 1.24 bits per heavy atom. The molecule has 0 bridgehead atoms. The van der Waals surface area contributed by atoms with E-state index in [1.165, 1.54) is 28.7 Å². The van der Waals surface area contributed by atoms with Gasteiger partial charge in [0.05, 0.1) is 25.5 Å². The average molecular weight is 435 g/mol. The van der Waals surface area contributed by atoms with Crippen molar-refractivity contribution >= 4 is 39.2 Å². The van der Waals surface area contributed by atoms with Crippen LogP contribution in [0, 0.1) is 0 Å². The summed E-state index contributed by atoms with van der Waals surface area (Å²) in [7, 11) is 0. The minimum absolute atomic E-state index is 0.0917. The average Bonchev–Trinajstić information content (AvgIpc) is 3.11. The SMILES string of the molecule is CCCCNC(=O)CSc1nc(CN2CCOCC2)nc2sc3c(c12)CCCC3. The standard InChI is InChI=1S/C21H30N4O2S2/c1-2-3-8-22-18(26)14-28-20-19-15-6-4-5-7-16(15)29-21(19)24-17(23-20)13-25-9-11-27-12-10-25/h2-14H2,1H3,(H,22,26).